The van der Waals surface area contributed by atoms with Crippen molar-refractivity contribution in [3.63, 3.8) is 0 Å². The fraction of sp³-hybridized carbons (Fsp3) is 0.125. The van der Waals surface area contributed by atoms with Gasteiger partial charge >= 0.3 is 18.9 Å². The molecule has 5 nitrogen and oxygen atoms in total. The van der Waals surface area contributed by atoms with Crippen molar-refractivity contribution in [2.45, 2.75) is 97.8 Å². The van der Waals surface area contributed by atoms with Crippen LogP contribution < -0.4 is 50.2 Å². The number of anilines is 6. The molecule has 0 spiro atoms. The van der Waals surface area contributed by atoms with Crippen molar-refractivity contribution in [1.29, 1.82) is 0 Å². The monoisotopic (exact) mass is 1630 g/mol. The molecule has 22 rings (SSSR count). The van der Waals surface area contributed by atoms with E-state index >= 15 is 0 Å². The Labute approximate surface area is 759 Å². The topological polar surface area (TPSA) is 47.4 Å². The van der Waals surface area contributed by atoms with Gasteiger partial charge in [0.2, 0.25) is 0 Å². The minimum atomic E-state index is -0.201. The zero-order valence-electron chi connectivity index (χ0n) is 74.5. The molecule has 20 aromatic rings. The molecule has 127 heavy (non-hydrogen) atoms. The van der Waals surface area contributed by atoms with Crippen molar-refractivity contribution in [2.75, 3.05) is 9.80 Å². The average molecular weight is 1630 g/mol. The Morgan fingerprint density at radius 2 is 0.685 bits per heavy atom. The van der Waals surface area contributed by atoms with Crippen LogP contribution in [0.15, 0.2) is 406 Å². The number of hydrogen-bond donors (Lipinski definition) is 0. The van der Waals surface area contributed by atoms with Crippen LogP contribution >= 0.6 is 0 Å². The number of aryl methyl sites for hydroxylation is 1. The third kappa shape index (κ3) is 15.3. The van der Waals surface area contributed by atoms with Gasteiger partial charge in [0.05, 0.1) is 11.0 Å². The van der Waals surface area contributed by atoms with Crippen LogP contribution in [0.1, 0.15) is 108 Å². The smallest absolute Gasteiger partial charge is 0.872 e. The van der Waals surface area contributed by atoms with Crippen molar-refractivity contribution < 1.29 is 24.0 Å². The number of para-hydroxylation sites is 3. The first-order chi connectivity index (χ1) is 61.1. The van der Waals surface area contributed by atoms with E-state index in [1.807, 2.05) is 30.3 Å². The molecule has 0 bridgehead atoms. The molecule has 0 saturated carbocycles. The maximum absolute atomic E-state index is 11.2. The summed E-state index contributed by atoms with van der Waals surface area (Å²) in [6.07, 6.45) is 0. The summed E-state index contributed by atoms with van der Waals surface area (Å²) < 4.78 is 2.26. The summed E-state index contributed by atoms with van der Waals surface area (Å²) >= 11 is 0. The summed E-state index contributed by atoms with van der Waals surface area (Å²) in [4.78, 5) is 10.2. The van der Waals surface area contributed by atoms with E-state index in [0.29, 0.717) is 0 Å². The Kier molecular flexibility index (Phi) is 21.6. The number of rotatable bonds is 11. The average Bonchev–Trinajstić information content (AvgIpc) is 1.12. The van der Waals surface area contributed by atoms with Gasteiger partial charge in [0.1, 0.15) is 5.82 Å². The first-order valence-corrected chi connectivity index (χ1v) is 44.2. The van der Waals surface area contributed by atoms with Gasteiger partial charge in [0.15, 0.2) is 0 Å². The van der Waals surface area contributed by atoms with E-state index in [-0.39, 0.29) is 53.0 Å². The second-order valence-electron chi connectivity index (χ2n) is 37.3. The predicted octanol–water partition coefficient (Wildman–Crippen LogP) is 26.5. The molecular weight excluding hydrogens is 1530 g/mol. The zero-order chi connectivity index (χ0) is 86.3. The molecule has 2 aliphatic heterocycles. The number of fused-ring (bicyclic) bond motifs is 10. The van der Waals surface area contributed by atoms with E-state index in [2.05, 4.69) is 455 Å². The van der Waals surface area contributed by atoms with Crippen LogP contribution in [0.4, 0.5) is 34.1 Å². The number of imidazole rings is 1. The van der Waals surface area contributed by atoms with E-state index in [1.165, 1.54) is 160 Å². The largest absolute Gasteiger partial charge is 1.00 e. The van der Waals surface area contributed by atoms with E-state index in [4.69, 9.17) is 4.98 Å². The van der Waals surface area contributed by atoms with Gasteiger partial charge in [-0.3, -0.25) is 4.57 Å². The fourth-order valence-corrected chi connectivity index (χ4v) is 19.5. The molecule has 3 heterocycles. The second kappa shape index (κ2) is 33.2. The molecule has 610 valence electrons. The molecule has 7 heteroatoms. The molecular formula is C120H100BLiN4O. The Bertz CT molecular complexity index is 7550. The van der Waals surface area contributed by atoms with Gasteiger partial charge in [-0.05, 0) is 251 Å². The predicted molar refractivity (Wildman–Crippen MR) is 536 cm³/mol. The first kappa shape index (κ1) is 82.6. The third-order valence-corrected chi connectivity index (χ3v) is 26.5. The third-order valence-electron chi connectivity index (χ3n) is 26.5. The van der Waals surface area contributed by atoms with Crippen LogP contribution in [0.25, 0.3) is 115 Å². The van der Waals surface area contributed by atoms with Crippen molar-refractivity contribution in [3.05, 3.63) is 445 Å². The Morgan fingerprint density at radius 1 is 0.276 bits per heavy atom. The molecule has 2 aliphatic rings. The maximum Gasteiger partial charge on any atom is 1.00 e. The van der Waals surface area contributed by atoms with Crippen molar-refractivity contribution in [2.24, 2.45) is 0 Å². The van der Waals surface area contributed by atoms with Gasteiger partial charge in [-0.2, -0.15) is 0 Å². The minimum Gasteiger partial charge on any atom is -0.872 e. The fourth-order valence-electron chi connectivity index (χ4n) is 19.5. The molecule has 1 aromatic heterocycles. The van der Waals surface area contributed by atoms with E-state index < -0.39 is 0 Å². The van der Waals surface area contributed by atoms with E-state index in [9.17, 15) is 5.11 Å². The Balaban J connectivity index is 0.000000147. The number of hydrogen-bond acceptors (Lipinski definition) is 4. The molecule has 0 atom stereocenters. The second-order valence-corrected chi connectivity index (χ2v) is 37.3. The van der Waals surface area contributed by atoms with Gasteiger partial charge in [-0.15, -0.1) is 5.75 Å². The molecule has 0 amide bonds. The van der Waals surface area contributed by atoms with Crippen LogP contribution in [0, 0.1) is 6.92 Å². The van der Waals surface area contributed by atoms with E-state index in [1.54, 1.807) is 12.1 Å². The SMILES string of the molecule is Cc1cc2c3c(c1)N(c1ccc(C(C)(C)c4ccccc4)cc1)c1ccc(C(C)(C)c4ccccc4)cc1B3c1cc(C(C)(C)C)ccc1N2c1ccc(C(C)(C)C)cc1.[Li+].[O-]c1cccc2ccccc12.c1ccc(-n2c(-c3ccc(-c4ccc5c(-c6ccc7ccccc7c6)c6ccccc6c(-c6ccc7ccccc7c6)c5c4)cc3)nc3ccccc32)cc1. The molecule has 0 unspecified atom stereocenters. The van der Waals surface area contributed by atoms with Gasteiger partial charge in [0.25, 0.3) is 6.71 Å². The number of nitrogens with zero attached hydrogens (tertiary/aromatic N) is 4. The van der Waals surface area contributed by atoms with Crippen molar-refractivity contribution >= 4 is 122 Å². The maximum atomic E-state index is 11.2. The molecule has 0 N–H and O–H groups in total. The first-order valence-electron chi connectivity index (χ1n) is 44.2. The molecule has 0 radical (unpaired) electrons. The summed E-state index contributed by atoms with van der Waals surface area (Å²) in [5.41, 5.74) is 31.8. The molecule has 0 fully saturated rings. The van der Waals surface area contributed by atoms with Gasteiger partial charge < -0.3 is 14.9 Å². The normalized spacial score (nSPS) is 12.4. The Hall–Kier alpha value is -14.0. The summed E-state index contributed by atoms with van der Waals surface area (Å²) in [5.74, 6) is 1.03. The zero-order valence-corrected chi connectivity index (χ0v) is 74.5. The van der Waals surface area contributed by atoms with Crippen LogP contribution in [0.2, 0.25) is 0 Å². The van der Waals surface area contributed by atoms with Crippen molar-refractivity contribution in [1.82, 2.24) is 9.55 Å². The van der Waals surface area contributed by atoms with E-state index in [0.717, 1.165) is 44.4 Å². The van der Waals surface area contributed by atoms with Crippen LogP contribution in [0.5, 0.6) is 5.75 Å². The van der Waals surface area contributed by atoms with Crippen LogP contribution in [-0.4, -0.2) is 16.3 Å². The number of benzene rings is 19. The quantitative estimate of drug-likeness (QED) is 0.0956. The van der Waals surface area contributed by atoms with Crippen molar-refractivity contribution in [3.8, 4) is 56.2 Å². The summed E-state index contributed by atoms with van der Waals surface area (Å²) in [5, 5.41) is 23.0. The summed E-state index contributed by atoms with van der Waals surface area (Å²) in [6.45, 7) is 25.6. The Morgan fingerprint density at radius 3 is 1.24 bits per heavy atom. The molecule has 0 saturated heterocycles. The summed E-state index contributed by atoms with van der Waals surface area (Å²) in [6, 6.07) is 148. The van der Waals surface area contributed by atoms with Gasteiger partial charge in [-0.25, -0.2) is 4.98 Å². The number of aromatic nitrogens is 2. The van der Waals surface area contributed by atoms with Gasteiger partial charge in [0, 0.05) is 56.2 Å². The van der Waals surface area contributed by atoms with Crippen LogP contribution in [-0.2, 0) is 21.7 Å². The van der Waals surface area contributed by atoms with Crippen LogP contribution in [0.3, 0.4) is 0 Å². The van der Waals surface area contributed by atoms with Gasteiger partial charge in [-0.1, -0.05) is 385 Å². The molecule has 19 aromatic carbocycles. The molecule has 0 aliphatic carbocycles. The minimum absolute atomic E-state index is 0. The summed E-state index contributed by atoms with van der Waals surface area (Å²) in [7, 11) is 0. The standard InChI is InChI=1S/C57H59BN2.C53H34N2.C10H8O.Li/c1-38-34-51-53-52(35-38)60(46-30-24-42(25-31-46)56(8,9)40-18-14-12-15-19-40)50-33-27-44(57(10,11)41-20-16-13-17-21-41)37-48(50)58(53)47-36-43(55(5,6)7)26-32-49(47)59(51)45-28-22-39(23-29-45)54(2,3)4;1-2-16-44(17-3-1)55-50-21-11-10-20-49(50)54-53(55)38-26-22-37(23-27-38)41-30-31-47-48(34-41)52(43-29-25-36-13-5-7-15-40(36)33-43)46-19-9-8-18-45(46)51(47)42-28-24-35-12-4-6-14-39(35)32-42;11-10-7-3-5-8-4-1-2-6-9(8)10;/h12-37H,1-11H3;1-34H;1-7,11H;/q;;;+1/p-1.